The molecule has 1 saturated carbocycles. The van der Waals surface area contributed by atoms with Crippen molar-refractivity contribution in [3.05, 3.63) is 35.4 Å². The summed E-state index contributed by atoms with van der Waals surface area (Å²) in [6.07, 6.45) is 5.29. The number of hydrogen-bond acceptors (Lipinski definition) is 2. The summed E-state index contributed by atoms with van der Waals surface area (Å²) in [4.78, 5) is 11.3. The lowest BCUT2D eigenvalue weighted by Gasteiger charge is -2.29. The van der Waals surface area contributed by atoms with Crippen LogP contribution in [-0.4, -0.2) is 13.1 Å². The van der Waals surface area contributed by atoms with Crippen LogP contribution >= 0.6 is 0 Å². The molecular weight excluding hydrogens is 212 g/mol. The van der Waals surface area contributed by atoms with Crippen LogP contribution in [0.2, 0.25) is 0 Å². The van der Waals surface area contributed by atoms with Gasteiger partial charge in [0.15, 0.2) is 0 Å². The van der Waals surface area contributed by atoms with Crippen molar-refractivity contribution in [1.82, 2.24) is 0 Å². The summed E-state index contributed by atoms with van der Waals surface area (Å²) < 4.78 is 4.70. The lowest BCUT2D eigenvalue weighted by molar-refractivity contribution is 0.0600. The maximum absolute atomic E-state index is 11.3. The number of hydrogen-bond donors (Lipinski definition) is 0. The van der Waals surface area contributed by atoms with Crippen molar-refractivity contribution in [2.45, 2.75) is 38.5 Å². The Hall–Kier alpha value is -1.31. The van der Waals surface area contributed by atoms with E-state index in [1.54, 1.807) is 0 Å². The predicted octanol–water partition coefficient (Wildman–Crippen LogP) is 3.77. The molecule has 1 aromatic rings. The molecule has 1 aliphatic rings. The van der Waals surface area contributed by atoms with Crippen molar-refractivity contribution in [1.29, 1.82) is 0 Å². The normalized spacial score (nSPS) is 24.4. The van der Waals surface area contributed by atoms with Crippen LogP contribution in [0.1, 0.15) is 54.4 Å². The average molecular weight is 232 g/mol. The van der Waals surface area contributed by atoms with Gasteiger partial charge in [-0.1, -0.05) is 38.3 Å². The van der Waals surface area contributed by atoms with Crippen LogP contribution in [0, 0.1) is 5.92 Å². The van der Waals surface area contributed by atoms with E-state index in [4.69, 9.17) is 4.74 Å². The van der Waals surface area contributed by atoms with Crippen molar-refractivity contribution < 1.29 is 9.53 Å². The Kier molecular flexibility index (Phi) is 3.82. The van der Waals surface area contributed by atoms with E-state index >= 15 is 0 Å². The molecule has 0 aromatic heterocycles. The monoisotopic (exact) mass is 232 g/mol. The Morgan fingerprint density at radius 2 is 1.82 bits per heavy atom. The topological polar surface area (TPSA) is 26.3 Å². The predicted molar refractivity (Wildman–Crippen MR) is 68.2 cm³/mol. The first kappa shape index (κ1) is 12.2. The fourth-order valence-electron chi connectivity index (χ4n) is 2.80. The van der Waals surface area contributed by atoms with Gasteiger partial charge >= 0.3 is 5.97 Å². The van der Waals surface area contributed by atoms with Crippen LogP contribution in [0.5, 0.6) is 0 Å². The number of methoxy groups -OCH3 is 1. The summed E-state index contributed by atoms with van der Waals surface area (Å²) in [7, 11) is 1.42. The van der Waals surface area contributed by atoms with E-state index in [0.717, 1.165) is 5.92 Å². The van der Waals surface area contributed by atoms with Crippen LogP contribution in [0.3, 0.4) is 0 Å². The zero-order chi connectivity index (χ0) is 12.3. The van der Waals surface area contributed by atoms with Gasteiger partial charge in [-0.3, -0.25) is 0 Å². The van der Waals surface area contributed by atoms with Crippen molar-refractivity contribution in [2.24, 2.45) is 5.92 Å². The summed E-state index contributed by atoms with van der Waals surface area (Å²) in [5.74, 6) is 1.16. The molecular formula is C15H20O2. The molecule has 0 heterocycles. The van der Waals surface area contributed by atoms with Gasteiger partial charge in [0.1, 0.15) is 0 Å². The van der Waals surface area contributed by atoms with Gasteiger partial charge in [0.25, 0.3) is 0 Å². The van der Waals surface area contributed by atoms with E-state index in [-0.39, 0.29) is 5.97 Å². The highest BCUT2D eigenvalue weighted by Crippen LogP contribution is 2.37. The Bertz CT molecular complexity index is 380. The number of rotatable bonds is 2. The molecule has 1 aliphatic carbocycles. The van der Waals surface area contributed by atoms with Gasteiger partial charge in [0, 0.05) is 0 Å². The van der Waals surface area contributed by atoms with Gasteiger partial charge in [0.2, 0.25) is 0 Å². The molecule has 2 atom stereocenters. The third-order valence-electron chi connectivity index (χ3n) is 3.87. The second-order valence-corrected chi connectivity index (χ2v) is 4.98. The smallest absolute Gasteiger partial charge is 0.337 e. The SMILES string of the molecule is COC(=O)c1ccc(C2CCCC[C@@H]2C)cc1. The number of ether oxygens (including phenoxy) is 1. The maximum atomic E-state index is 11.3. The van der Waals surface area contributed by atoms with Gasteiger partial charge in [-0.05, 0) is 36.0 Å². The van der Waals surface area contributed by atoms with Crippen molar-refractivity contribution in [2.75, 3.05) is 7.11 Å². The molecule has 0 radical (unpaired) electrons. The average Bonchev–Trinajstić information content (AvgIpc) is 2.39. The Morgan fingerprint density at radius 3 is 2.41 bits per heavy atom. The van der Waals surface area contributed by atoms with Gasteiger partial charge in [-0.15, -0.1) is 0 Å². The fraction of sp³-hybridized carbons (Fsp3) is 0.533. The van der Waals surface area contributed by atoms with Crippen molar-refractivity contribution in [3.8, 4) is 0 Å². The zero-order valence-corrected chi connectivity index (χ0v) is 10.6. The summed E-state index contributed by atoms with van der Waals surface area (Å²) in [6, 6.07) is 7.92. The van der Waals surface area contributed by atoms with Crippen LogP contribution in [0.15, 0.2) is 24.3 Å². The summed E-state index contributed by atoms with van der Waals surface area (Å²) in [5.41, 5.74) is 2.00. The quantitative estimate of drug-likeness (QED) is 0.725. The lowest BCUT2D eigenvalue weighted by atomic mass is 9.76. The molecule has 0 spiro atoms. The standard InChI is InChI=1S/C15H20O2/c1-11-5-3-4-6-14(11)12-7-9-13(10-8-12)15(16)17-2/h7-11,14H,3-6H2,1-2H3/t11-,14?/m0/s1. The molecule has 1 fully saturated rings. The summed E-state index contributed by atoms with van der Waals surface area (Å²) >= 11 is 0. The molecule has 92 valence electrons. The molecule has 0 amide bonds. The molecule has 1 aromatic carbocycles. The molecule has 0 bridgehead atoms. The minimum absolute atomic E-state index is 0.256. The molecule has 2 rings (SSSR count). The van der Waals surface area contributed by atoms with E-state index in [2.05, 4.69) is 19.1 Å². The van der Waals surface area contributed by atoms with Crippen LogP contribution in [0.25, 0.3) is 0 Å². The van der Waals surface area contributed by atoms with Crippen LogP contribution < -0.4 is 0 Å². The van der Waals surface area contributed by atoms with Gasteiger partial charge in [-0.2, -0.15) is 0 Å². The van der Waals surface area contributed by atoms with Crippen molar-refractivity contribution in [3.63, 3.8) is 0 Å². The Balaban J connectivity index is 2.14. The van der Waals surface area contributed by atoms with E-state index in [1.807, 2.05) is 12.1 Å². The second kappa shape index (κ2) is 5.35. The van der Waals surface area contributed by atoms with E-state index in [1.165, 1.54) is 38.4 Å². The van der Waals surface area contributed by atoms with Gasteiger partial charge < -0.3 is 4.74 Å². The van der Waals surface area contributed by atoms with Crippen molar-refractivity contribution >= 4 is 5.97 Å². The molecule has 0 aliphatic heterocycles. The number of carbonyl (C=O) groups excluding carboxylic acids is 1. The molecule has 0 N–H and O–H groups in total. The van der Waals surface area contributed by atoms with Gasteiger partial charge in [0.05, 0.1) is 12.7 Å². The zero-order valence-electron chi connectivity index (χ0n) is 10.6. The van der Waals surface area contributed by atoms with E-state index in [9.17, 15) is 4.79 Å². The number of esters is 1. The first-order valence-corrected chi connectivity index (χ1v) is 6.40. The highest BCUT2D eigenvalue weighted by molar-refractivity contribution is 5.89. The van der Waals surface area contributed by atoms with E-state index in [0.29, 0.717) is 11.5 Å². The Morgan fingerprint density at radius 1 is 1.18 bits per heavy atom. The number of benzene rings is 1. The van der Waals surface area contributed by atoms with Crippen LogP contribution in [-0.2, 0) is 4.74 Å². The molecule has 0 saturated heterocycles. The van der Waals surface area contributed by atoms with Crippen LogP contribution in [0.4, 0.5) is 0 Å². The van der Waals surface area contributed by atoms with E-state index < -0.39 is 0 Å². The highest BCUT2D eigenvalue weighted by atomic mass is 16.5. The number of carbonyl (C=O) groups is 1. The minimum atomic E-state index is -0.256. The first-order valence-electron chi connectivity index (χ1n) is 6.40. The maximum Gasteiger partial charge on any atom is 0.337 e. The molecule has 2 heteroatoms. The third kappa shape index (κ3) is 2.68. The molecule has 17 heavy (non-hydrogen) atoms. The first-order chi connectivity index (χ1) is 8.22. The molecule has 2 nitrogen and oxygen atoms in total. The molecule has 1 unspecified atom stereocenters. The lowest BCUT2D eigenvalue weighted by Crippen LogP contribution is -2.14. The second-order valence-electron chi connectivity index (χ2n) is 4.98. The van der Waals surface area contributed by atoms with Gasteiger partial charge in [-0.25, -0.2) is 4.79 Å². The third-order valence-corrected chi connectivity index (χ3v) is 3.87. The largest absolute Gasteiger partial charge is 0.465 e. The fourth-order valence-corrected chi connectivity index (χ4v) is 2.80. The summed E-state index contributed by atoms with van der Waals surface area (Å²) in [5, 5.41) is 0. The Labute approximate surface area is 103 Å². The summed E-state index contributed by atoms with van der Waals surface area (Å²) in [6.45, 7) is 2.33. The minimum Gasteiger partial charge on any atom is -0.465 e. The highest BCUT2D eigenvalue weighted by Gasteiger charge is 2.22.